The molecule has 0 radical (unpaired) electrons. The fraction of sp³-hybridized carbons (Fsp3) is 0.333. The van der Waals surface area contributed by atoms with Crippen LogP contribution in [-0.2, 0) is 17.8 Å². The second-order valence-corrected chi connectivity index (χ2v) is 5.55. The molecule has 21 heavy (non-hydrogen) atoms. The SMILES string of the molecule is CNc1nc(-c2ccc3c(c2)CCO3)nc(COC)c1Br. The highest BCUT2D eigenvalue weighted by Gasteiger charge is 2.16. The predicted octanol–water partition coefficient (Wildman–Crippen LogP) is 3.03. The zero-order chi connectivity index (χ0) is 14.8. The molecule has 1 aliphatic rings. The van der Waals surface area contributed by atoms with Crippen molar-refractivity contribution < 1.29 is 9.47 Å². The molecule has 3 rings (SSSR count). The first-order valence-electron chi connectivity index (χ1n) is 6.72. The number of methoxy groups -OCH3 is 1. The highest BCUT2D eigenvalue weighted by molar-refractivity contribution is 9.10. The van der Waals surface area contributed by atoms with Crippen LogP contribution in [0.15, 0.2) is 22.7 Å². The average Bonchev–Trinajstić information content (AvgIpc) is 2.97. The third-order valence-electron chi connectivity index (χ3n) is 3.39. The number of halogens is 1. The number of fused-ring (bicyclic) bond motifs is 1. The highest BCUT2D eigenvalue weighted by Crippen LogP contribution is 2.31. The van der Waals surface area contributed by atoms with Gasteiger partial charge in [0.25, 0.3) is 0 Å². The molecule has 1 N–H and O–H groups in total. The molecular weight excluding hydrogens is 334 g/mol. The van der Waals surface area contributed by atoms with Crippen LogP contribution in [0, 0.1) is 0 Å². The lowest BCUT2D eigenvalue weighted by molar-refractivity contribution is 0.181. The topological polar surface area (TPSA) is 56.3 Å². The van der Waals surface area contributed by atoms with Crippen molar-refractivity contribution in [3.8, 4) is 17.1 Å². The van der Waals surface area contributed by atoms with Gasteiger partial charge in [-0.25, -0.2) is 9.97 Å². The van der Waals surface area contributed by atoms with Gasteiger partial charge >= 0.3 is 0 Å². The normalized spacial score (nSPS) is 12.9. The first-order valence-corrected chi connectivity index (χ1v) is 7.51. The third kappa shape index (κ3) is 2.73. The zero-order valence-corrected chi connectivity index (χ0v) is 13.5. The van der Waals surface area contributed by atoms with Gasteiger partial charge in [-0.15, -0.1) is 0 Å². The number of rotatable bonds is 4. The lowest BCUT2D eigenvalue weighted by atomic mass is 10.1. The summed E-state index contributed by atoms with van der Waals surface area (Å²) in [7, 11) is 3.49. The van der Waals surface area contributed by atoms with Crippen LogP contribution in [0.4, 0.5) is 5.82 Å². The molecule has 0 unspecified atom stereocenters. The molecule has 0 atom stereocenters. The number of anilines is 1. The molecule has 1 aromatic carbocycles. The van der Waals surface area contributed by atoms with Gasteiger partial charge in [-0.3, -0.25) is 0 Å². The molecule has 1 aromatic heterocycles. The molecule has 0 aliphatic carbocycles. The van der Waals surface area contributed by atoms with Crippen LogP contribution >= 0.6 is 15.9 Å². The molecule has 6 heteroatoms. The summed E-state index contributed by atoms with van der Waals surface area (Å²) in [6, 6.07) is 6.07. The summed E-state index contributed by atoms with van der Waals surface area (Å²) >= 11 is 3.51. The number of nitrogens with zero attached hydrogens (tertiary/aromatic N) is 2. The summed E-state index contributed by atoms with van der Waals surface area (Å²) in [5.74, 6) is 2.40. The van der Waals surface area contributed by atoms with Crippen molar-refractivity contribution in [3.05, 3.63) is 33.9 Å². The molecule has 1 aliphatic heterocycles. The van der Waals surface area contributed by atoms with Crippen LogP contribution in [-0.4, -0.2) is 30.7 Å². The Hall–Kier alpha value is -1.66. The van der Waals surface area contributed by atoms with E-state index in [1.165, 1.54) is 5.56 Å². The van der Waals surface area contributed by atoms with E-state index in [9.17, 15) is 0 Å². The lowest BCUT2D eigenvalue weighted by Gasteiger charge is -2.11. The first-order chi connectivity index (χ1) is 10.2. The van der Waals surface area contributed by atoms with E-state index < -0.39 is 0 Å². The van der Waals surface area contributed by atoms with E-state index in [4.69, 9.17) is 9.47 Å². The second kappa shape index (κ2) is 5.99. The van der Waals surface area contributed by atoms with Crippen molar-refractivity contribution in [2.75, 3.05) is 26.1 Å². The smallest absolute Gasteiger partial charge is 0.161 e. The van der Waals surface area contributed by atoms with Gasteiger partial charge in [-0.2, -0.15) is 0 Å². The molecule has 5 nitrogen and oxygen atoms in total. The van der Waals surface area contributed by atoms with E-state index in [0.29, 0.717) is 12.4 Å². The Morgan fingerprint density at radius 1 is 1.38 bits per heavy atom. The van der Waals surface area contributed by atoms with E-state index in [0.717, 1.165) is 40.3 Å². The average molecular weight is 350 g/mol. The van der Waals surface area contributed by atoms with Crippen LogP contribution in [0.25, 0.3) is 11.4 Å². The standard InChI is InChI=1S/C15H16BrN3O2/c1-17-15-13(16)11(8-20-2)18-14(19-15)10-3-4-12-9(7-10)5-6-21-12/h3-4,7H,5-6,8H2,1-2H3,(H,17,18,19). The molecule has 2 heterocycles. The predicted molar refractivity (Wildman–Crippen MR) is 84.6 cm³/mol. The van der Waals surface area contributed by atoms with E-state index in [1.807, 2.05) is 19.2 Å². The van der Waals surface area contributed by atoms with Gasteiger partial charge in [-0.05, 0) is 39.7 Å². The lowest BCUT2D eigenvalue weighted by Crippen LogP contribution is -2.04. The fourth-order valence-corrected chi connectivity index (χ4v) is 2.84. The minimum absolute atomic E-state index is 0.429. The summed E-state index contributed by atoms with van der Waals surface area (Å²) in [4.78, 5) is 9.17. The quantitative estimate of drug-likeness (QED) is 0.919. The summed E-state index contributed by atoms with van der Waals surface area (Å²) in [5, 5.41) is 3.08. The fourth-order valence-electron chi connectivity index (χ4n) is 2.35. The molecule has 2 aromatic rings. The van der Waals surface area contributed by atoms with Gasteiger partial charge in [0, 0.05) is 26.1 Å². The van der Waals surface area contributed by atoms with Gasteiger partial charge < -0.3 is 14.8 Å². The Morgan fingerprint density at radius 3 is 3.00 bits per heavy atom. The second-order valence-electron chi connectivity index (χ2n) is 4.76. The van der Waals surface area contributed by atoms with E-state index in [1.54, 1.807) is 7.11 Å². The van der Waals surface area contributed by atoms with E-state index in [2.05, 4.69) is 37.3 Å². The Kier molecular flexibility index (Phi) is 4.07. The zero-order valence-electron chi connectivity index (χ0n) is 11.9. The molecule has 0 spiro atoms. The number of hydrogen-bond acceptors (Lipinski definition) is 5. The molecule has 0 saturated heterocycles. The number of hydrogen-bond donors (Lipinski definition) is 1. The Labute approximate surface area is 131 Å². The summed E-state index contributed by atoms with van der Waals surface area (Å²) in [6.45, 7) is 1.18. The van der Waals surface area contributed by atoms with Crippen molar-refractivity contribution in [2.24, 2.45) is 0 Å². The molecule has 0 saturated carbocycles. The largest absolute Gasteiger partial charge is 0.493 e. The Morgan fingerprint density at radius 2 is 2.24 bits per heavy atom. The highest BCUT2D eigenvalue weighted by atomic mass is 79.9. The molecule has 0 bridgehead atoms. The maximum atomic E-state index is 5.53. The molecule has 0 fully saturated rings. The van der Waals surface area contributed by atoms with Crippen LogP contribution in [0.2, 0.25) is 0 Å². The third-order valence-corrected chi connectivity index (χ3v) is 4.22. The maximum Gasteiger partial charge on any atom is 0.161 e. The molecule has 0 amide bonds. The van der Waals surface area contributed by atoms with Crippen LogP contribution in [0.3, 0.4) is 0 Å². The van der Waals surface area contributed by atoms with Gasteiger partial charge in [0.05, 0.1) is 23.4 Å². The number of benzene rings is 1. The minimum atomic E-state index is 0.429. The van der Waals surface area contributed by atoms with Crippen molar-refractivity contribution >= 4 is 21.7 Å². The number of aromatic nitrogens is 2. The van der Waals surface area contributed by atoms with Crippen LogP contribution in [0.5, 0.6) is 5.75 Å². The van der Waals surface area contributed by atoms with E-state index >= 15 is 0 Å². The van der Waals surface area contributed by atoms with Crippen LogP contribution < -0.4 is 10.1 Å². The summed E-state index contributed by atoms with van der Waals surface area (Å²) in [5.41, 5.74) is 3.02. The van der Waals surface area contributed by atoms with Crippen molar-refractivity contribution in [3.63, 3.8) is 0 Å². The van der Waals surface area contributed by atoms with Gasteiger partial charge in [-0.1, -0.05) is 0 Å². The van der Waals surface area contributed by atoms with Gasteiger partial charge in [0.15, 0.2) is 5.82 Å². The Bertz CT molecular complexity index is 676. The molecule has 110 valence electrons. The van der Waals surface area contributed by atoms with Crippen molar-refractivity contribution in [1.82, 2.24) is 9.97 Å². The van der Waals surface area contributed by atoms with Gasteiger partial charge in [0.2, 0.25) is 0 Å². The summed E-state index contributed by atoms with van der Waals surface area (Å²) < 4.78 is 11.6. The van der Waals surface area contributed by atoms with E-state index in [-0.39, 0.29) is 0 Å². The van der Waals surface area contributed by atoms with Gasteiger partial charge in [0.1, 0.15) is 11.6 Å². The number of ether oxygens (including phenoxy) is 2. The minimum Gasteiger partial charge on any atom is -0.493 e. The molecular formula is C15H16BrN3O2. The maximum absolute atomic E-state index is 5.53. The number of nitrogens with one attached hydrogen (secondary N) is 1. The summed E-state index contributed by atoms with van der Waals surface area (Å²) in [6.07, 6.45) is 0.934. The van der Waals surface area contributed by atoms with Crippen LogP contribution in [0.1, 0.15) is 11.3 Å². The monoisotopic (exact) mass is 349 g/mol. The van der Waals surface area contributed by atoms with Crippen molar-refractivity contribution in [1.29, 1.82) is 0 Å². The van der Waals surface area contributed by atoms with Crippen molar-refractivity contribution in [2.45, 2.75) is 13.0 Å². The Balaban J connectivity index is 2.07. The first kappa shape index (κ1) is 14.3.